The van der Waals surface area contributed by atoms with E-state index in [0.29, 0.717) is 11.3 Å². The van der Waals surface area contributed by atoms with Gasteiger partial charge in [-0.05, 0) is 6.07 Å². The molecule has 1 aliphatic rings. The van der Waals surface area contributed by atoms with Crippen molar-refractivity contribution in [3.8, 4) is 0 Å². The Morgan fingerprint density at radius 3 is 2.82 bits per heavy atom. The van der Waals surface area contributed by atoms with Crippen molar-refractivity contribution in [1.82, 2.24) is 0 Å². The van der Waals surface area contributed by atoms with Gasteiger partial charge in [0.25, 0.3) is 0 Å². The van der Waals surface area contributed by atoms with Crippen molar-refractivity contribution in [3.05, 3.63) is 35.0 Å². The van der Waals surface area contributed by atoms with Crippen LogP contribution in [0.1, 0.15) is 10.4 Å². The van der Waals surface area contributed by atoms with Crippen LogP contribution in [0.5, 0.6) is 0 Å². The molecule has 1 aromatic carbocycles. The van der Waals surface area contributed by atoms with Gasteiger partial charge in [-0.2, -0.15) is 0 Å². The number of hydrogen-bond donors (Lipinski definition) is 1. The summed E-state index contributed by atoms with van der Waals surface area (Å²) in [7, 11) is 0. The number of quaternary nitrogens is 1. The Morgan fingerprint density at radius 1 is 1.36 bits per heavy atom. The molecule has 2 rings (SSSR count). The van der Waals surface area contributed by atoms with E-state index in [4.69, 9.17) is 0 Å². The average molecular weight is 151 g/mol. The summed E-state index contributed by atoms with van der Waals surface area (Å²) in [6.45, 7) is 0. The molecular weight excluding hydrogens is 146 g/mol. The zero-order valence-electron chi connectivity index (χ0n) is 5.53. The maximum absolute atomic E-state index is 10.8. The highest BCUT2D eigenvalue weighted by Gasteiger charge is 2.28. The van der Waals surface area contributed by atoms with Gasteiger partial charge in [-0.15, -0.1) is 5.23 Å². The molecule has 1 heterocycles. The standard InChI is InChI=1S/C7H5NO3/c9-7-5-3-1-2-4-6(5)8(10)11-7/h1-4,8H. The third kappa shape index (κ3) is 0.806. The summed E-state index contributed by atoms with van der Waals surface area (Å²) in [6, 6.07) is 6.53. The van der Waals surface area contributed by atoms with Crippen LogP contribution in [-0.4, -0.2) is 5.97 Å². The first-order valence-electron chi connectivity index (χ1n) is 3.14. The molecule has 0 saturated heterocycles. The van der Waals surface area contributed by atoms with Crippen LogP contribution >= 0.6 is 0 Å². The SMILES string of the molecule is O=C1O[NH+]([O-])c2ccccc21. The number of nitrogens with one attached hydrogen (secondary N) is 1. The van der Waals surface area contributed by atoms with Crippen molar-refractivity contribution in [3.63, 3.8) is 0 Å². The van der Waals surface area contributed by atoms with Crippen LogP contribution in [0.25, 0.3) is 0 Å². The first-order chi connectivity index (χ1) is 5.29. The van der Waals surface area contributed by atoms with Crippen molar-refractivity contribution in [1.29, 1.82) is 0 Å². The third-order valence-corrected chi connectivity index (χ3v) is 1.55. The number of rotatable bonds is 0. The highest BCUT2D eigenvalue weighted by molar-refractivity contribution is 5.94. The summed E-state index contributed by atoms with van der Waals surface area (Å²) in [5.41, 5.74) is 0.718. The summed E-state index contributed by atoms with van der Waals surface area (Å²) >= 11 is 0. The third-order valence-electron chi connectivity index (χ3n) is 1.55. The lowest BCUT2D eigenvalue weighted by atomic mass is 10.2. The van der Waals surface area contributed by atoms with E-state index in [9.17, 15) is 10.0 Å². The van der Waals surface area contributed by atoms with E-state index in [1.807, 2.05) is 0 Å². The van der Waals surface area contributed by atoms with E-state index in [1.54, 1.807) is 24.3 Å². The second-order valence-corrected chi connectivity index (χ2v) is 2.22. The van der Waals surface area contributed by atoms with Gasteiger partial charge >= 0.3 is 5.97 Å². The molecule has 1 atom stereocenters. The van der Waals surface area contributed by atoms with E-state index in [2.05, 4.69) is 4.84 Å². The van der Waals surface area contributed by atoms with Crippen LogP contribution in [0.15, 0.2) is 24.3 Å². The van der Waals surface area contributed by atoms with E-state index < -0.39 is 11.2 Å². The minimum Gasteiger partial charge on any atom is -0.585 e. The molecule has 0 amide bonds. The first-order valence-corrected chi connectivity index (χ1v) is 3.14. The predicted molar refractivity (Wildman–Crippen MR) is 35.8 cm³/mol. The fourth-order valence-corrected chi connectivity index (χ4v) is 1.03. The van der Waals surface area contributed by atoms with Gasteiger partial charge in [0.15, 0.2) is 5.69 Å². The van der Waals surface area contributed by atoms with Crippen molar-refractivity contribution in [2.45, 2.75) is 0 Å². The largest absolute Gasteiger partial charge is 0.585 e. The van der Waals surface area contributed by atoms with Gasteiger partial charge in [0, 0.05) is 6.07 Å². The maximum Gasteiger partial charge on any atom is 0.404 e. The Hall–Kier alpha value is -1.39. The lowest BCUT2D eigenvalue weighted by Gasteiger charge is -2.09. The fourth-order valence-electron chi connectivity index (χ4n) is 1.03. The Bertz CT molecular complexity index is 310. The van der Waals surface area contributed by atoms with Crippen molar-refractivity contribution >= 4 is 11.7 Å². The van der Waals surface area contributed by atoms with Gasteiger partial charge in [-0.1, -0.05) is 12.1 Å². The molecule has 0 aromatic heterocycles. The zero-order chi connectivity index (χ0) is 7.84. The topological polar surface area (TPSA) is 53.8 Å². The first kappa shape index (κ1) is 6.33. The average Bonchev–Trinajstić information content (AvgIpc) is 2.30. The molecule has 11 heavy (non-hydrogen) atoms. The monoisotopic (exact) mass is 151 g/mol. The van der Waals surface area contributed by atoms with Gasteiger partial charge in [-0.25, -0.2) is 4.79 Å². The number of carbonyl (C=O) groups excluding carboxylic acids is 1. The van der Waals surface area contributed by atoms with E-state index >= 15 is 0 Å². The number of benzene rings is 1. The van der Waals surface area contributed by atoms with Gasteiger partial charge in [0.2, 0.25) is 0 Å². The van der Waals surface area contributed by atoms with Crippen molar-refractivity contribution in [2.75, 3.05) is 0 Å². The van der Waals surface area contributed by atoms with Gasteiger partial charge in [0.05, 0.1) is 0 Å². The molecule has 0 aliphatic carbocycles. The molecule has 4 nitrogen and oxygen atoms in total. The van der Waals surface area contributed by atoms with Gasteiger partial charge in [-0.3, -0.25) is 4.84 Å². The summed E-state index contributed by atoms with van der Waals surface area (Å²) < 4.78 is 0. The second-order valence-electron chi connectivity index (χ2n) is 2.22. The number of carbonyl (C=O) groups is 1. The van der Waals surface area contributed by atoms with Crippen LogP contribution in [0.4, 0.5) is 5.69 Å². The van der Waals surface area contributed by atoms with Crippen molar-refractivity contribution < 1.29 is 14.9 Å². The van der Waals surface area contributed by atoms with Crippen LogP contribution in [0.3, 0.4) is 0 Å². The predicted octanol–water partition coefficient (Wildman–Crippen LogP) is -0.214. The van der Waals surface area contributed by atoms with Gasteiger partial charge in [0.1, 0.15) is 5.56 Å². The Labute approximate surface area is 62.5 Å². The lowest BCUT2D eigenvalue weighted by Crippen LogP contribution is -2.99. The minimum absolute atomic E-state index is 0.359. The number of fused-ring (bicyclic) bond motifs is 1. The molecule has 56 valence electrons. The quantitative estimate of drug-likeness (QED) is 0.522. The molecule has 0 fully saturated rings. The number of hydrogen-bond acceptors (Lipinski definition) is 3. The lowest BCUT2D eigenvalue weighted by molar-refractivity contribution is -0.970. The molecule has 0 radical (unpaired) electrons. The van der Waals surface area contributed by atoms with Crippen LogP contribution in [-0.2, 0) is 4.84 Å². The molecule has 4 heteroatoms. The van der Waals surface area contributed by atoms with Crippen LogP contribution in [0.2, 0.25) is 0 Å². The Kier molecular flexibility index (Phi) is 1.18. The smallest absolute Gasteiger partial charge is 0.404 e. The maximum atomic E-state index is 10.8. The molecular formula is C7H5NO3. The van der Waals surface area contributed by atoms with Gasteiger partial charge < -0.3 is 5.21 Å². The van der Waals surface area contributed by atoms with E-state index in [1.165, 1.54) is 0 Å². The Morgan fingerprint density at radius 2 is 2.09 bits per heavy atom. The summed E-state index contributed by atoms with van der Waals surface area (Å²) in [5.74, 6) is -0.550. The zero-order valence-corrected chi connectivity index (χ0v) is 5.53. The highest BCUT2D eigenvalue weighted by Crippen LogP contribution is 2.15. The summed E-state index contributed by atoms with van der Waals surface area (Å²) in [4.78, 5) is 15.2. The molecule has 1 unspecified atom stereocenters. The second kappa shape index (κ2) is 2.05. The Balaban J connectivity index is 2.60. The molecule has 1 aromatic rings. The molecule has 0 saturated carbocycles. The summed E-state index contributed by atoms with van der Waals surface area (Å²) in [6.07, 6.45) is 0. The van der Waals surface area contributed by atoms with E-state index in [0.717, 1.165) is 0 Å². The summed E-state index contributed by atoms with van der Waals surface area (Å²) in [5, 5.41) is 10.3. The minimum atomic E-state index is -0.550. The molecule has 0 bridgehead atoms. The molecule has 1 N–H and O–H groups in total. The van der Waals surface area contributed by atoms with E-state index in [-0.39, 0.29) is 0 Å². The molecule has 1 aliphatic heterocycles. The van der Waals surface area contributed by atoms with Crippen molar-refractivity contribution in [2.24, 2.45) is 0 Å². The van der Waals surface area contributed by atoms with Crippen LogP contribution in [0, 0.1) is 5.21 Å². The normalized spacial score (nSPS) is 21.2. The van der Waals surface area contributed by atoms with Crippen LogP contribution < -0.4 is 5.23 Å². The fraction of sp³-hybridized carbons (Fsp3) is 0. The highest BCUT2D eigenvalue weighted by atomic mass is 16.9. The molecule has 0 spiro atoms.